The fourth-order valence-electron chi connectivity index (χ4n) is 4.00. The second-order valence-corrected chi connectivity index (χ2v) is 9.82. The number of nitrogens with zero attached hydrogens (tertiary/aromatic N) is 6. The lowest BCUT2D eigenvalue weighted by molar-refractivity contribution is 0.102. The van der Waals surface area contributed by atoms with Gasteiger partial charge in [-0.1, -0.05) is 22.9 Å². The third-order valence-corrected chi connectivity index (χ3v) is 7.15. The van der Waals surface area contributed by atoms with Gasteiger partial charge in [-0.15, -0.1) is 0 Å². The van der Waals surface area contributed by atoms with Crippen molar-refractivity contribution in [2.75, 3.05) is 50.6 Å². The van der Waals surface area contributed by atoms with Crippen LogP contribution in [0.3, 0.4) is 0 Å². The fraction of sp³-hybridized carbons (Fsp3) is 0.292. The maximum Gasteiger partial charge on any atom is 0.259 e. The Balaban J connectivity index is 1.46. The number of aromatic nitrogens is 4. The first kappa shape index (κ1) is 24.3. The van der Waals surface area contributed by atoms with Gasteiger partial charge in [0.05, 0.1) is 29.5 Å². The van der Waals surface area contributed by atoms with Gasteiger partial charge in [-0.3, -0.25) is 15.1 Å². The number of amides is 1. The second kappa shape index (κ2) is 9.92. The van der Waals surface area contributed by atoms with E-state index in [9.17, 15) is 4.79 Å². The van der Waals surface area contributed by atoms with Gasteiger partial charge in [0.25, 0.3) is 5.91 Å². The number of hydrogen-bond donors (Lipinski definition) is 1. The molecule has 1 aliphatic heterocycles. The van der Waals surface area contributed by atoms with Crippen molar-refractivity contribution in [3.8, 4) is 16.9 Å². The molecule has 36 heavy (non-hydrogen) atoms. The third kappa shape index (κ3) is 4.69. The van der Waals surface area contributed by atoms with Crippen molar-refractivity contribution in [1.82, 2.24) is 24.8 Å². The minimum Gasteiger partial charge on any atom is -0.496 e. The van der Waals surface area contributed by atoms with Crippen molar-refractivity contribution in [3.63, 3.8) is 0 Å². The predicted octanol–water partition coefficient (Wildman–Crippen LogP) is 4.26. The maximum absolute atomic E-state index is 15.1. The van der Waals surface area contributed by atoms with Gasteiger partial charge in [-0.2, -0.15) is 4.98 Å². The van der Waals surface area contributed by atoms with Crippen LogP contribution < -0.4 is 15.0 Å². The zero-order chi connectivity index (χ0) is 25.4. The van der Waals surface area contributed by atoms with Gasteiger partial charge in [0.2, 0.25) is 5.95 Å². The summed E-state index contributed by atoms with van der Waals surface area (Å²) >= 11 is 7.29. The summed E-state index contributed by atoms with van der Waals surface area (Å²) in [5.74, 6) is -0.276. The number of rotatable bonds is 5. The third-order valence-electron chi connectivity index (χ3n) is 5.98. The molecule has 0 unspecified atom stereocenters. The number of piperazine rings is 1. The lowest BCUT2D eigenvalue weighted by Gasteiger charge is -2.32. The minimum atomic E-state index is -0.678. The molecule has 1 amide bonds. The first-order valence-electron chi connectivity index (χ1n) is 11.2. The van der Waals surface area contributed by atoms with Crippen molar-refractivity contribution in [3.05, 3.63) is 52.7 Å². The maximum atomic E-state index is 15.1. The molecular formula is C24H23ClFN7O2S. The van der Waals surface area contributed by atoms with E-state index in [0.29, 0.717) is 32.7 Å². The van der Waals surface area contributed by atoms with E-state index in [-0.39, 0.29) is 21.9 Å². The number of likely N-dealkylation sites (N-methyl/N-ethyl adjacent to an activating group) is 1. The van der Waals surface area contributed by atoms with Crippen molar-refractivity contribution in [1.29, 1.82) is 0 Å². The molecule has 4 heterocycles. The molecule has 1 N–H and O–H groups in total. The standard InChI is InChI=1S/C24H23ClFN7O2S/c1-13-10-14(19-18(35-3)5-4-16(25)20(19)26)15(11-27-13)21(34)30-24-29-17-12-28-23(31-22(17)36-24)33-8-6-32(2)7-9-33/h4-5,10-12H,6-9H2,1-3H3,(H,29,30,34). The molecule has 186 valence electrons. The van der Waals surface area contributed by atoms with E-state index >= 15 is 4.39 Å². The summed E-state index contributed by atoms with van der Waals surface area (Å²) in [5, 5.41) is 3.07. The summed E-state index contributed by atoms with van der Waals surface area (Å²) < 4.78 is 20.4. The van der Waals surface area contributed by atoms with Crippen molar-refractivity contribution in [2.24, 2.45) is 0 Å². The van der Waals surface area contributed by atoms with Gasteiger partial charge in [0.15, 0.2) is 15.8 Å². The summed E-state index contributed by atoms with van der Waals surface area (Å²) in [6.45, 7) is 5.32. The molecule has 1 fully saturated rings. The number of halogens is 2. The van der Waals surface area contributed by atoms with Crippen LogP contribution in [-0.2, 0) is 0 Å². The first-order chi connectivity index (χ1) is 17.3. The van der Waals surface area contributed by atoms with Crippen LogP contribution in [0, 0.1) is 12.7 Å². The molecule has 1 aromatic carbocycles. The highest BCUT2D eigenvalue weighted by Crippen LogP contribution is 2.38. The number of nitrogens with one attached hydrogen (secondary N) is 1. The molecular weight excluding hydrogens is 505 g/mol. The largest absolute Gasteiger partial charge is 0.496 e. The number of fused-ring (bicyclic) bond motifs is 1. The molecule has 0 atom stereocenters. The highest BCUT2D eigenvalue weighted by Gasteiger charge is 2.23. The summed E-state index contributed by atoms with van der Waals surface area (Å²) in [5.41, 5.74) is 1.75. The number of carbonyl (C=O) groups is 1. The molecule has 4 aromatic rings. The summed E-state index contributed by atoms with van der Waals surface area (Å²) in [6.07, 6.45) is 3.06. The quantitative estimate of drug-likeness (QED) is 0.411. The number of benzene rings is 1. The molecule has 1 aliphatic rings. The van der Waals surface area contributed by atoms with Crippen LogP contribution in [0.2, 0.25) is 5.02 Å². The van der Waals surface area contributed by atoms with E-state index in [1.54, 1.807) is 25.3 Å². The monoisotopic (exact) mass is 527 g/mol. The molecule has 0 saturated carbocycles. The Morgan fingerprint density at radius 3 is 2.69 bits per heavy atom. The first-order valence-corrected chi connectivity index (χ1v) is 12.4. The van der Waals surface area contributed by atoms with Crippen LogP contribution in [0.1, 0.15) is 16.1 Å². The minimum absolute atomic E-state index is 0.0764. The van der Waals surface area contributed by atoms with E-state index in [2.05, 4.69) is 42.1 Å². The predicted molar refractivity (Wildman–Crippen MR) is 139 cm³/mol. The van der Waals surface area contributed by atoms with Gasteiger partial charge < -0.3 is 14.5 Å². The number of aryl methyl sites for hydroxylation is 1. The van der Waals surface area contributed by atoms with E-state index < -0.39 is 11.7 Å². The lowest BCUT2D eigenvalue weighted by Crippen LogP contribution is -2.45. The van der Waals surface area contributed by atoms with Crippen LogP contribution in [0.15, 0.2) is 30.6 Å². The average molecular weight is 528 g/mol. The molecule has 0 radical (unpaired) electrons. The SMILES string of the molecule is COc1ccc(Cl)c(F)c1-c1cc(C)ncc1C(=O)Nc1nc2cnc(N3CCN(C)CC3)nc2s1. The van der Waals surface area contributed by atoms with E-state index in [4.69, 9.17) is 16.3 Å². The number of thiazole rings is 1. The number of hydrogen-bond acceptors (Lipinski definition) is 9. The molecule has 5 rings (SSSR count). The molecule has 9 nitrogen and oxygen atoms in total. The molecule has 3 aromatic heterocycles. The smallest absolute Gasteiger partial charge is 0.259 e. The molecule has 0 bridgehead atoms. The number of anilines is 2. The number of methoxy groups -OCH3 is 1. The number of carbonyl (C=O) groups excluding carboxylic acids is 1. The van der Waals surface area contributed by atoms with Gasteiger partial charge in [-0.05, 0) is 32.2 Å². The highest BCUT2D eigenvalue weighted by atomic mass is 35.5. The zero-order valence-corrected chi connectivity index (χ0v) is 21.5. The fourth-order valence-corrected chi connectivity index (χ4v) is 4.96. The van der Waals surface area contributed by atoms with E-state index in [1.807, 2.05) is 0 Å². The number of pyridine rings is 1. The van der Waals surface area contributed by atoms with Crippen molar-refractivity contribution in [2.45, 2.75) is 6.92 Å². The van der Waals surface area contributed by atoms with Crippen LogP contribution in [-0.4, -0.2) is 71.1 Å². The van der Waals surface area contributed by atoms with Crippen molar-refractivity contribution >= 4 is 50.3 Å². The Morgan fingerprint density at radius 2 is 1.94 bits per heavy atom. The Hall–Kier alpha value is -3.41. The zero-order valence-electron chi connectivity index (χ0n) is 19.9. The van der Waals surface area contributed by atoms with Gasteiger partial charge in [0.1, 0.15) is 11.3 Å². The van der Waals surface area contributed by atoms with Crippen LogP contribution in [0.4, 0.5) is 15.5 Å². The molecule has 0 spiro atoms. The summed E-state index contributed by atoms with van der Waals surface area (Å²) in [6, 6.07) is 4.59. The van der Waals surface area contributed by atoms with Crippen LogP contribution in [0.25, 0.3) is 21.5 Å². The van der Waals surface area contributed by atoms with Gasteiger partial charge >= 0.3 is 0 Å². The Kier molecular flexibility index (Phi) is 6.69. The Labute approximate surface area is 215 Å². The van der Waals surface area contributed by atoms with Crippen LogP contribution in [0.5, 0.6) is 5.75 Å². The Morgan fingerprint density at radius 1 is 1.17 bits per heavy atom. The second-order valence-electron chi connectivity index (χ2n) is 8.43. The molecule has 1 saturated heterocycles. The topological polar surface area (TPSA) is 96.4 Å². The van der Waals surface area contributed by atoms with Crippen molar-refractivity contribution < 1.29 is 13.9 Å². The molecule has 0 aliphatic carbocycles. The van der Waals surface area contributed by atoms with Gasteiger partial charge in [0, 0.05) is 43.6 Å². The van der Waals surface area contributed by atoms with Gasteiger partial charge in [-0.25, -0.2) is 14.4 Å². The number of ether oxygens (including phenoxy) is 1. The Bertz CT molecular complexity index is 1460. The normalized spacial score (nSPS) is 14.3. The molecule has 12 heteroatoms. The summed E-state index contributed by atoms with van der Waals surface area (Å²) in [7, 11) is 3.52. The van der Waals surface area contributed by atoms with E-state index in [1.165, 1.54) is 30.7 Å². The lowest BCUT2D eigenvalue weighted by atomic mass is 9.98. The van der Waals surface area contributed by atoms with Crippen LogP contribution >= 0.6 is 22.9 Å². The average Bonchev–Trinajstić information content (AvgIpc) is 3.27. The summed E-state index contributed by atoms with van der Waals surface area (Å²) in [4.78, 5) is 36.2. The van der Waals surface area contributed by atoms with E-state index in [0.717, 1.165) is 26.2 Å². The highest BCUT2D eigenvalue weighted by molar-refractivity contribution is 7.22.